The first-order chi connectivity index (χ1) is 12.0. The van der Waals surface area contributed by atoms with Crippen molar-refractivity contribution in [2.24, 2.45) is 5.10 Å². The molecule has 7 nitrogen and oxygen atoms in total. The van der Waals surface area contributed by atoms with Crippen LogP contribution in [0, 0.1) is 13.8 Å². The van der Waals surface area contributed by atoms with Gasteiger partial charge in [0.25, 0.3) is 0 Å². The number of aryl methyl sites for hydroxylation is 2. The van der Waals surface area contributed by atoms with E-state index in [0.717, 1.165) is 15.8 Å². The number of nitrogens with zero attached hydrogens (tertiary/aromatic N) is 3. The van der Waals surface area contributed by atoms with Gasteiger partial charge in [0.1, 0.15) is 11.2 Å². The van der Waals surface area contributed by atoms with E-state index < -0.39 is 0 Å². The summed E-state index contributed by atoms with van der Waals surface area (Å²) < 4.78 is 10.3. The molecule has 0 spiro atoms. The number of nitrogens with one attached hydrogen (secondary N) is 1. The normalized spacial score (nSPS) is 11.2. The topological polar surface area (TPSA) is 88.9 Å². The molecule has 2 heterocycles. The Morgan fingerprint density at radius 2 is 1.84 bits per heavy atom. The van der Waals surface area contributed by atoms with E-state index in [1.54, 1.807) is 29.7 Å². The summed E-state index contributed by atoms with van der Waals surface area (Å²) in [6.45, 7) is 4.10. The van der Waals surface area contributed by atoms with Gasteiger partial charge in [-0.25, -0.2) is 9.97 Å². The van der Waals surface area contributed by atoms with Gasteiger partial charge in [-0.3, -0.25) is 5.43 Å². The van der Waals surface area contributed by atoms with Crippen LogP contribution in [0.1, 0.15) is 16.0 Å². The highest BCUT2D eigenvalue weighted by Crippen LogP contribution is 2.36. The highest BCUT2D eigenvalue weighted by atomic mass is 32.1. The summed E-state index contributed by atoms with van der Waals surface area (Å²) in [4.78, 5) is 10.7. The van der Waals surface area contributed by atoms with Gasteiger partial charge in [0, 0.05) is 10.4 Å². The number of thiophene rings is 1. The fourth-order valence-electron chi connectivity index (χ4n) is 2.42. The smallest absolute Gasteiger partial charge is 0.200 e. The van der Waals surface area contributed by atoms with E-state index in [2.05, 4.69) is 27.4 Å². The predicted molar refractivity (Wildman–Crippen MR) is 99.3 cm³/mol. The molecule has 0 aliphatic rings. The van der Waals surface area contributed by atoms with Gasteiger partial charge in [-0.05, 0) is 31.5 Å². The molecule has 0 aliphatic carbocycles. The van der Waals surface area contributed by atoms with E-state index in [1.165, 1.54) is 25.4 Å². The number of phenols is 1. The summed E-state index contributed by atoms with van der Waals surface area (Å²) in [5, 5.41) is 15.2. The summed E-state index contributed by atoms with van der Waals surface area (Å²) in [7, 11) is 2.96. The Labute approximate surface area is 149 Å². The average Bonchev–Trinajstić information content (AvgIpc) is 2.91. The van der Waals surface area contributed by atoms with Crippen LogP contribution in [-0.4, -0.2) is 35.5 Å². The number of phenolic OH excluding ortho intramolecular Hbond substituents is 1. The lowest BCUT2D eigenvalue weighted by Gasteiger charge is -2.09. The van der Waals surface area contributed by atoms with Crippen molar-refractivity contribution >= 4 is 33.6 Å². The first kappa shape index (κ1) is 17.0. The van der Waals surface area contributed by atoms with Crippen LogP contribution < -0.4 is 14.9 Å². The van der Waals surface area contributed by atoms with Crippen LogP contribution in [0.3, 0.4) is 0 Å². The Balaban J connectivity index is 1.89. The van der Waals surface area contributed by atoms with Gasteiger partial charge in [-0.15, -0.1) is 11.3 Å². The van der Waals surface area contributed by atoms with E-state index in [9.17, 15) is 5.11 Å². The number of hydrogen-bond donors (Lipinski definition) is 2. The molecule has 0 amide bonds. The lowest BCUT2D eigenvalue weighted by molar-refractivity contribution is 0.340. The number of hydrogen-bond acceptors (Lipinski definition) is 8. The van der Waals surface area contributed by atoms with Crippen LogP contribution in [0.4, 0.5) is 5.82 Å². The summed E-state index contributed by atoms with van der Waals surface area (Å²) in [5.41, 5.74) is 4.82. The molecule has 2 aromatic heterocycles. The van der Waals surface area contributed by atoms with E-state index >= 15 is 0 Å². The van der Waals surface area contributed by atoms with Gasteiger partial charge in [-0.2, -0.15) is 5.10 Å². The number of ether oxygens (including phenoxy) is 2. The van der Waals surface area contributed by atoms with Crippen LogP contribution in [0.25, 0.3) is 10.2 Å². The lowest BCUT2D eigenvalue weighted by atomic mass is 10.2. The summed E-state index contributed by atoms with van der Waals surface area (Å²) in [5.74, 6) is 1.24. The minimum absolute atomic E-state index is 0.0445. The van der Waals surface area contributed by atoms with Crippen LogP contribution in [0.5, 0.6) is 17.2 Å². The maximum Gasteiger partial charge on any atom is 0.200 e. The van der Waals surface area contributed by atoms with Crippen LogP contribution in [-0.2, 0) is 0 Å². The number of rotatable bonds is 5. The van der Waals surface area contributed by atoms with Crippen molar-refractivity contribution in [2.45, 2.75) is 13.8 Å². The Morgan fingerprint density at radius 1 is 1.16 bits per heavy atom. The molecule has 8 heteroatoms. The van der Waals surface area contributed by atoms with Gasteiger partial charge in [0.15, 0.2) is 17.3 Å². The molecule has 130 valence electrons. The molecule has 3 rings (SSSR count). The monoisotopic (exact) mass is 358 g/mol. The molecule has 0 unspecified atom stereocenters. The standard InChI is InChI=1S/C17H18N4O3S/c1-9-10(2)25-17-14(9)16(18-8-19-17)21-20-7-11-5-12(23-3)15(22)13(6-11)24-4/h5-8,22H,1-4H3,(H,18,19,21). The molecule has 3 aromatic rings. The number of hydrazone groups is 1. The molecule has 1 aromatic carbocycles. The van der Waals surface area contributed by atoms with Crippen LogP contribution in [0.15, 0.2) is 23.6 Å². The second-order valence-electron chi connectivity index (χ2n) is 5.33. The summed E-state index contributed by atoms with van der Waals surface area (Å²) in [6, 6.07) is 3.33. The maximum atomic E-state index is 9.94. The fourth-order valence-corrected chi connectivity index (χ4v) is 3.42. The third kappa shape index (κ3) is 3.20. The highest BCUT2D eigenvalue weighted by Gasteiger charge is 2.12. The largest absolute Gasteiger partial charge is 0.502 e. The quantitative estimate of drug-likeness (QED) is 0.536. The molecule has 0 radical (unpaired) electrons. The molecule has 25 heavy (non-hydrogen) atoms. The Morgan fingerprint density at radius 3 is 2.48 bits per heavy atom. The first-order valence-corrected chi connectivity index (χ1v) is 8.31. The molecule has 2 N–H and O–H groups in total. The SMILES string of the molecule is COc1cc(C=NNc2ncnc3sc(C)c(C)c23)cc(OC)c1O. The number of aromatic hydroxyl groups is 1. The first-order valence-electron chi connectivity index (χ1n) is 7.50. The maximum absolute atomic E-state index is 9.94. The van der Waals surface area contributed by atoms with E-state index in [1.807, 2.05) is 6.92 Å². The summed E-state index contributed by atoms with van der Waals surface area (Å²) >= 11 is 1.63. The second-order valence-corrected chi connectivity index (χ2v) is 6.53. The van der Waals surface area contributed by atoms with Crippen molar-refractivity contribution in [3.63, 3.8) is 0 Å². The van der Waals surface area contributed by atoms with Crippen molar-refractivity contribution < 1.29 is 14.6 Å². The van der Waals surface area contributed by atoms with Crippen molar-refractivity contribution in [1.29, 1.82) is 0 Å². The number of methoxy groups -OCH3 is 2. The molecule has 0 aliphatic heterocycles. The summed E-state index contributed by atoms with van der Waals surface area (Å²) in [6.07, 6.45) is 3.12. The van der Waals surface area contributed by atoms with E-state index in [-0.39, 0.29) is 5.75 Å². The number of anilines is 1. The molecular formula is C17H18N4O3S. The average molecular weight is 358 g/mol. The molecule has 0 saturated heterocycles. The zero-order valence-electron chi connectivity index (χ0n) is 14.3. The van der Waals surface area contributed by atoms with Crippen molar-refractivity contribution in [3.8, 4) is 17.2 Å². The minimum atomic E-state index is -0.0445. The van der Waals surface area contributed by atoms with Crippen molar-refractivity contribution in [2.75, 3.05) is 19.6 Å². The second kappa shape index (κ2) is 6.94. The third-order valence-electron chi connectivity index (χ3n) is 3.85. The van der Waals surface area contributed by atoms with Gasteiger partial charge in [0.2, 0.25) is 5.75 Å². The minimum Gasteiger partial charge on any atom is -0.502 e. The Bertz CT molecular complexity index is 927. The van der Waals surface area contributed by atoms with Crippen LogP contribution in [0.2, 0.25) is 0 Å². The third-order valence-corrected chi connectivity index (χ3v) is 4.97. The molecule has 0 atom stereocenters. The number of benzene rings is 1. The van der Waals surface area contributed by atoms with Crippen molar-refractivity contribution in [3.05, 3.63) is 34.5 Å². The Kier molecular flexibility index (Phi) is 4.71. The molecule has 0 fully saturated rings. The fraction of sp³-hybridized carbons (Fsp3) is 0.235. The zero-order valence-corrected chi connectivity index (χ0v) is 15.1. The van der Waals surface area contributed by atoms with Gasteiger partial charge in [0.05, 0.1) is 25.8 Å². The van der Waals surface area contributed by atoms with Gasteiger partial charge >= 0.3 is 0 Å². The van der Waals surface area contributed by atoms with Gasteiger partial charge < -0.3 is 14.6 Å². The zero-order chi connectivity index (χ0) is 18.0. The lowest BCUT2D eigenvalue weighted by Crippen LogP contribution is -1.96. The molecule has 0 bridgehead atoms. The number of aromatic nitrogens is 2. The van der Waals surface area contributed by atoms with Crippen LogP contribution >= 0.6 is 11.3 Å². The molecular weight excluding hydrogens is 340 g/mol. The van der Waals surface area contributed by atoms with E-state index in [0.29, 0.717) is 22.9 Å². The van der Waals surface area contributed by atoms with Crippen molar-refractivity contribution in [1.82, 2.24) is 9.97 Å². The Hall–Kier alpha value is -2.87. The van der Waals surface area contributed by atoms with Gasteiger partial charge in [-0.1, -0.05) is 0 Å². The predicted octanol–water partition coefficient (Wildman–Crippen LogP) is 3.48. The van der Waals surface area contributed by atoms with E-state index in [4.69, 9.17) is 9.47 Å². The number of fused-ring (bicyclic) bond motifs is 1. The molecule has 0 saturated carbocycles. The highest BCUT2D eigenvalue weighted by molar-refractivity contribution is 7.18.